The maximum Gasteiger partial charge on any atom is 0.216 e. The lowest BCUT2D eigenvalue weighted by atomic mass is 9.88. The second-order valence-electron chi connectivity index (χ2n) is 7.92. The molecule has 0 saturated carbocycles. The molecular formula is C22H27ClN2O3. The number of hydrogen-bond donors (Lipinski definition) is 1. The molecule has 2 aliphatic rings. The van der Waals surface area contributed by atoms with E-state index in [2.05, 4.69) is 10.2 Å². The lowest BCUT2D eigenvalue weighted by molar-refractivity contribution is -0.120. The minimum Gasteiger partial charge on any atom is -0.460 e. The van der Waals surface area contributed by atoms with Crippen LogP contribution in [0, 0.1) is 0 Å². The minimum atomic E-state index is -0.00841. The fourth-order valence-corrected chi connectivity index (χ4v) is 4.50. The first kappa shape index (κ1) is 19.5. The SMILES string of the molecule is CC(=O)NC[C@@H]1CCC2(CCN(Cc3ccc(-c4ccccc4Cl)o3)CC2)O1. The number of halogens is 1. The van der Waals surface area contributed by atoms with Crippen LogP contribution in [0.15, 0.2) is 40.8 Å². The van der Waals surface area contributed by atoms with Crippen molar-refractivity contribution < 1.29 is 13.9 Å². The number of likely N-dealkylation sites (tertiary alicyclic amines) is 1. The highest BCUT2D eigenvalue weighted by Crippen LogP contribution is 2.39. The topological polar surface area (TPSA) is 54.7 Å². The van der Waals surface area contributed by atoms with Gasteiger partial charge in [-0.3, -0.25) is 9.69 Å². The number of hydrogen-bond acceptors (Lipinski definition) is 4. The van der Waals surface area contributed by atoms with Gasteiger partial charge in [0.05, 0.1) is 23.3 Å². The van der Waals surface area contributed by atoms with E-state index in [1.165, 1.54) is 0 Å². The number of nitrogens with one attached hydrogen (secondary N) is 1. The smallest absolute Gasteiger partial charge is 0.216 e. The van der Waals surface area contributed by atoms with E-state index >= 15 is 0 Å². The quantitative estimate of drug-likeness (QED) is 0.812. The average Bonchev–Trinajstić information content (AvgIpc) is 3.30. The number of rotatable bonds is 5. The fourth-order valence-electron chi connectivity index (χ4n) is 4.27. The van der Waals surface area contributed by atoms with Gasteiger partial charge in [0.15, 0.2) is 0 Å². The molecule has 0 bridgehead atoms. The summed E-state index contributed by atoms with van der Waals surface area (Å²) in [6.45, 7) is 4.97. The van der Waals surface area contributed by atoms with Crippen molar-refractivity contribution in [1.29, 1.82) is 0 Å². The van der Waals surface area contributed by atoms with Crippen molar-refractivity contribution in [2.24, 2.45) is 0 Å². The molecule has 4 rings (SSSR count). The van der Waals surface area contributed by atoms with Gasteiger partial charge in [-0.05, 0) is 49.9 Å². The Labute approximate surface area is 171 Å². The van der Waals surface area contributed by atoms with Crippen molar-refractivity contribution in [3.63, 3.8) is 0 Å². The van der Waals surface area contributed by atoms with E-state index in [-0.39, 0.29) is 17.6 Å². The largest absolute Gasteiger partial charge is 0.460 e. The zero-order chi connectivity index (χ0) is 19.6. The first-order valence-electron chi connectivity index (χ1n) is 10.0. The van der Waals surface area contributed by atoms with Crippen molar-refractivity contribution in [3.8, 4) is 11.3 Å². The van der Waals surface area contributed by atoms with E-state index in [1.807, 2.05) is 36.4 Å². The molecule has 1 N–H and O–H groups in total. The number of nitrogens with zero attached hydrogens (tertiary/aromatic N) is 1. The summed E-state index contributed by atoms with van der Waals surface area (Å²) >= 11 is 6.27. The lowest BCUT2D eigenvalue weighted by Crippen LogP contribution is -2.44. The molecular weight excluding hydrogens is 376 g/mol. The number of carbonyl (C=O) groups is 1. The van der Waals surface area contributed by atoms with E-state index in [0.29, 0.717) is 11.6 Å². The molecule has 0 aliphatic carbocycles. The maximum atomic E-state index is 11.1. The molecule has 2 aromatic rings. The summed E-state index contributed by atoms with van der Waals surface area (Å²) in [7, 11) is 0. The number of amides is 1. The van der Waals surface area contributed by atoms with Crippen molar-refractivity contribution in [2.45, 2.75) is 50.9 Å². The second kappa shape index (κ2) is 8.27. The summed E-state index contributed by atoms with van der Waals surface area (Å²) in [4.78, 5) is 13.5. The van der Waals surface area contributed by atoms with E-state index in [4.69, 9.17) is 20.8 Å². The summed E-state index contributed by atoms with van der Waals surface area (Å²) in [5, 5.41) is 3.58. The lowest BCUT2D eigenvalue weighted by Gasteiger charge is -2.38. The monoisotopic (exact) mass is 402 g/mol. The van der Waals surface area contributed by atoms with Gasteiger partial charge in [0, 0.05) is 32.1 Å². The van der Waals surface area contributed by atoms with E-state index < -0.39 is 0 Å². The number of carbonyl (C=O) groups excluding carboxylic acids is 1. The predicted octanol–water partition coefficient (Wildman–Crippen LogP) is 4.25. The molecule has 2 aliphatic heterocycles. The Morgan fingerprint density at radius 2 is 2.00 bits per heavy atom. The highest BCUT2D eigenvalue weighted by atomic mass is 35.5. The van der Waals surface area contributed by atoms with Crippen molar-refractivity contribution in [2.75, 3.05) is 19.6 Å². The van der Waals surface area contributed by atoms with Gasteiger partial charge in [0.2, 0.25) is 5.91 Å². The number of ether oxygens (including phenoxy) is 1. The normalized spacial score (nSPS) is 21.9. The van der Waals surface area contributed by atoms with Crippen molar-refractivity contribution in [1.82, 2.24) is 10.2 Å². The molecule has 5 nitrogen and oxygen atoms in total. The van der Waals surface area contributed by atoms with Crippen LogP contribution < -0.4 is 5.32 Å². The van der Waals surface area contributed by atoms with Gasteiger partial charge in [0.1, 0.15) is 11.5 Å². The Morgan fingerprint density at radius 1 is 1.21 bits per heavy atom. The number of piperidine rings is 1. The zero-order valence-corrected chi connectivity index (χ0v) is 17.0. The molecule has 1 aromatic heterocycles. The second-order valence-corrected chi connectivity index (χ2v) is 8.33. The minimum absolute atomic E-state index is 0.00831. The third kappa shape index (κ3) is 4.43. The first-order valence-corrected chi connectivity index (χ1v) is 10.4. The number of benzene rings is 1. The summed E-state index contributed by atoms with van der Waals surface area (Å²) in [6, 6.07) is 11.8. The highest BCUT2D eigenvalue weighted by molar-refractivity contribution is 6.33. The highest BCUT2D eigenvalue weighted by Gasteiger charge is 2.42. The standard InChI is InChI=1S/C22H27ClN2O3/c1-16(26)24-14-17-8-9-22(28-17)10-12-25(13-11-22)15-18-6-7-21(27-18)19-4-2-3-5-20(19)23/h2-7,17H,8-15H2,1H3,(H,24,26)/t17-/m0/s1. The third-order valence-corrected chi connectivity index (χ3v) is 6.19. The molecule has 1 atom stereocenters. The predicted molar refractivity (Wildman–Crippen MR) is 109 cm³/mol. The van der Waals surface area contributed by atoms with E-state index in [0.717, 1.165) is 62.4 Å². The molecule has 2 fully saturated rings. The molecule has 1 amide bonds. The van der Waals surface area contributed by atoms with Crippen LogP contribution in [0.3, 0.4) is 0 Å². The Kier molecular flexibility index (Phi) is 5.76. The van der Waals surface area contributed by atoms with Crippen molar-refractivity contribution >= 4 is 17.5 Å². The van der Waals surface area contributed by atoms with Crippen LogP contribution in [0.2, 0.25) is 5.02 Å². The Bertz CT molecular complexity index is 827. The van der Waals surface area contributed by atoms with Crippen LogP contribution in [-0.4, -0.2) is 42.1 Å². The molecule has 3 heterocycles. The van der Waals surface area contributed by atoms with Gasteiger partial charge in [0.25, 0.3) is 0 Å². The van der Waals surface area contributed by atoms with Gasteiger partial charge >= 0.3 is 0 Å². The summed E-state index contributed by atoms with van der Waals surface area (Å²) in [5.41, 5.74) is 0.920. The molecule has 1 aromatic carbocycles. The Hall–Kier alpha value is -1.82. The van der Waals surface area contributed by atoms with Crippen LogP contribution in [0.4, 0.5) is 0 Å². The molecule has 1 spiro atoms. The zero-order valence-electron chi connectivity index (χ0n) is 16.2. The molecule has 28 heavy (non-hydrogen) atoms. The molecule has 0 radical (unpaired) electrons. The Morgan fingerprint density at radius 3 is 2.75 bits per heavy atom. The van der Waals surface area contributed by atoms with Gasteiger partial charge in [-0.1, -0.05) is 23.7 Å². The molecule has 150 valence electrons. The van der Waals surface area contributed by atoms with E-state index in [1.54, 1.807) is 6.92 Å². The van der Waals surface area contributed by atoms with E-state index in [9.17, 15) is 4.79 Å². The molecule has 6 heteroatoms. The summed E-state index contributed by atoms with van der Waals surface area (Å²) in [5.74, 6) is 1.78. The molecule has 0 unspecified atom stereocenters. The average molecular weight is 403 g/mol. The van der Waals surface area contributed by atoms with Gasteiger partial charge in [-0.25, -0.2) is 0 Å². The van der Waals surface area contributed by atoms with Gasteiger partial charge in [-0.15, -0.1) is 0 Å². The van der Waals surface area contributed by atoms with Gasteiger partial charge in [-0.2, -0.15) is 0 Å². The third-order valence-electron chi connectivity index (χ3n) is 5.86. The van der Waals surface area contributed by atoms with Gasteiger partial charge < -0.3 is 14.5 Å². The summed E-state index contributed by atoms with van der Waals surface area (Å²) < 4.78 is 12.4. The van der Waals surface area contributed by atoms with Crippen LogP contribution in [0.5, 0.6) is 0 Å². The Balaban J connectivity index is 1.30. The maximum absolute atomic E-state index is 11.1. The molecule has 2 saturated heterocycles. The fraction of sp³-hybridized carbons (Fsp3) is 0.500. The summed E-state index contributed by atoms with van der Waals surface area (Å²) in [6.07, 6.45) is 4.32. The van der Waals surface area contributed by atoms with Crippen LogP contribution in [0.25, 0.3) is 11.3 Å². The number of furan rings is 1. The van der Waals surface area contributed by atoms with Crippen molar-refractivity contribution in [3.05, 3.63) is 47.2 Å². The van der Waals surface area contributed by atoms with Crippen LogP contribution in [-0.2, 0) is 16.1 Å². The first-order chi connectivity index (χ1) is 13.5. The van der Waals surface area contributed by atoms with Crippen LogP contribution in [0.1, 0.15) is 38.4 Å². The van der Waals surface area contributed by atoms with Crippen LogP contribution >= 0.6 is 11.6 Å².